The lowest BCUT2D eigenvalue weighted by atomic mass is 10.3. The Bertz CT molecular complexity index is 247. The van der Waals surface area contributed by atoms with Gasteiger partial charge in [-0.3, -0.25) is 9.69 Å². The number of likely N-dealkylation sites (N-methyl/N-ethyl adjacent to an activating group) is 1. The lowest BCUT2D eigenvalue weighted by Crippen LogP contribution is -2.41. The SMILES string of the molecule is CCN(CC)C(=O)CN(CCC#N)CCOC. The monoisotopic (exact) mass is 241 g/mol. The van der Waals surface area contributed by atoms with E-state index in [0.29, 0.717) is 32.7 Å². The molecule has 5 nitrogen and oxygen atoms in total. The van der Waals surface area contributed by atoms with E-state index in [1.165, 1.54) is 0 Å². The largest absolute Gasteiger partial charge is 0.383 e. The highest BCUT2D eigenvalue weighted by atomic mass is 16.5. The second-order valence-corrected chi connectivity index (χ2v) is 3.74. The van der Waals surface area contributed by atoms with Gasteiger partial charge in [-0.05, 0) is 13.8 Å². The Kier molecular flexibility index (Phi) is 9.40. The summed E-state index contributed by atoms with van der Waals surface area (Å²) in [4.78, 5) is 15.7. The highest BCUT2D eigenvalue weighted by Gasteiger charge is 2.14. The number of methoxy groups -OCH3 is 1. The zero-order valence-electron chi connectivity index (χ0n) is 11.1. The fraction of sp³-hybridized carbons (Fsp3) is 0.833. The van der Waals surface area contributed by atoms with Crippen LogP contribution in [0.15, 0.2) is 0 Å². The molecule has 0 unspecified atom stereocenters. The van der Waals surface area contributed by atoms with Gasteiger partial charge >= 0.3 is 0 Å². The molecule has 0 fully saturated rings. The Balaban J connectivity index is 4.20. The standard InChI is InChI=1S/C12H23N3O2/c1-4-15(5-2)12(16)11-14(8-6-7-13)9-10-17-3/h4-6,8-11H2,1-3H3. The molecule has 0 rings (SSSR count). The molecule has 0 aliphatic rings. The molecule has 0 aromatic heterocycles. The Morgan fingerprint density at radius 1 is 1.29 bits per heavy atom. The number of amides is 1. The van der Waals surface area contributed by atoms with Gasteiger partial charge in [-0.15, -0.1) is 0 Å². The second-order valence-electron chi connectivity index (χ2n) is 3.74. The first-order valence-electron chi connectivity index (χ1n) is 6.05. The normalized spacial score (nSPS) is 10.3. The van der Waals surface area contributed by atoms with Gasteiger partial charge in [0, 0.05) is 39.7 Å². The van der Waals surface area contributed by atoms with Gasteiger partial charge in [-0.2, -0.15) is 5.26 Å². The molecule has 1 amide bonds. The van der Waals surface area contributed by atoms with E-state index < -0.39 is 0 Å². The number of hydrogen-bond donors (Lipinski definition) is 0. The molecule has 0 atom stereocenters. The third-order valence-electron chi connectivity index (χ3n) is 2.63. The van der Waals surface area contributed by atoms with E-state index in [9.17, 15) is 4.79 Å². The Hall–Kier alpha value is -1.12. The van der Waals surface area contributed by atoms with Crippen molar-refractivity contribution < 1.29 is 9.53 Å². The minimum atomic E-state index is 0.115. The Labute approximate surface area is 104 Å². The van der Waals surface area contributed by atoms with E-state index in [2.05, 4.69) is 6.07 Å². The first kappa shape index (κ1) is 15.9. The van der Waals surface area contributed by atoms with Crippen LogP contribution in [-0.4, -0.2) is 62.1 Å². The highest BCUT2D eigenvalue weighted by Crippen LogP contribution is 1.96. The summed E-state index contributed by atoms with van der Waals surface area (Å²) < 4.78 is 5.00. The van der Waals surface area contributed by atoms with Gasteiger partial charge in [-0.25, -0.2) is 0 Å². The lowest BCUT2D eigenvalue weighted by Gasteiger charge is -2.25. The van der Waals surface area contributed by atoms with E-state index in [1.807, 2.05) is 18.7 Å². The van der Waals surface area contributed by atoms with Crippen molar-refractivity contribution in [2.45, 2.75) is 20.3 Å². The molecule has 98 valence electrons. The summed E-state index contributed by atoms with van der Waals surface area (Å²) in [5, 5.41) is 8.57. The number of hydrogen-bond acceptors (Lipinski definition) is 4. The van der Waals surface area contributed by atoms with Crippen molar-refractivity contribution in [3.8, 4) is 6.07 Å². The zero-order chi connectivity index (χ0) is 13.1. The number of nitriles is 1. The van der Waals surface area contributed by atoms with Gasteiger partial charge in [0.25, 0.3) is 0 Å². The maximum absolute atomic E-state index is 11.9. The average Bonchev–Trinajstić information content (AvgIpc) is 2.34. The number of rotatable bonds is 9. The molecule has 17 heavy (non-hydrogen) atoms. The topological polar surface area (TPSA) is 56.6 Å². The summed E-state index contributed by atoms with van der Waals surface area (Å²) in [5.74, 6) is 0.115. The minimum absolute atomic E-state index is 0.115. The quantitative estimate of drug-likeness (QED) is 0.597. The van der Waals surface area contributed by atoms with Gasteiger partial charge < -0.3 is 9.64 Å². The van der Waals surface area contributed by atoms with E-state index in [0.717, 1.165) is 13.1 Å². The van der Waals surface area contributed by atoms with Crippen molar-refractivity contribution in [1.82, 2.24) is 9.80 Å². The molecule has 0 spiro atoms. The summed E-state index contributed by atoms with van der Waals surface area (Å²) >= 11 is 0. The molecule has 0 aromatic rings. The molecule has 0 heterocycles. The molecule has 0 aliphatic heterocycles. The predicted octanol–water partition coefficient (Wildman–Crippen LogP) is 0.717. The van der Waals surface area contributed by atoms with Gasteiger partial charge in [0.15, 0.2) is 0 Å². The molecule has 5 heteroatoms. The fourth-order valence-electron chi connectivity index (χ4n) is 1.57. The smallest absolute Gasteiger partial charge is 0.236 e. The van der Waals surface area contributed by atoms with Gasteiger partial charge in [-0.1, -0.05) is 0 Å². The number of ether oxygens (including phenoxy) is 1. The van der Waals surface area contributed by atoms with Crippen LogP contribution in [-0.2, 0) is 9.53 Å². The van der Waals surface area contributed by atoms with Crippen LogP contribution in [0.3, 0.4) is 0 Å². The fourth-order valence-corrected chi connectivity index (χ4v) is 1.57. The van der Waals surface area contributed by atoms with Crippen LogP contribution < -0.4 is 0 Å². The second kappa shape index (κ2) is 10.1. The van der Waals surface area contributed by atoms with Crippen LogP contribution in [0.25, 0.3) is 0 Å². The van der Waals surface area contributed by atoms with Crippen molar-refractivity contribution in [3.63, 3.8) is 0 Å². The van der Waals surface area contributed by atoms with Gasteiger partial charge in [0.2, 0.25) is 5.91 Å². The first-order chi connectivity index (χ1) is 8.19. The third kappa shape index (κ3) is 6.93. The predicted molar refractivity (Wildman–Crippen MR) is 66.5 cm³/mol. The molecule has 0 aromatic carbocycles. The van der Waals surface area contributed by atoms with Crippen molar-refractivity contribution >= 4 is 5.91 Å². The maximum Gasteiger partial charge on any atom is 0.236 e. The highest BCUT2D eigenvalue weighted by molar-refractivity contribution is 5.78. The van der Waals surface area contributed by atoms with Gasteiger partial charge in [0.05, 0.1) is 19.2 Å². The number of carbonyl (C=O) groups excluding carboxylic acids is 1. The molecular weight excluding hydrogens is 218 g/mol. The Morgan fingerprint density at radius 2 is 1.94 bits per heavy atom. The molecule has 0 bridgehead atoms. The molecule has 0 saturated carbocycles. The lowest BCUT2D eigenvalue weighted by molar-refractivity contribution is -0.132. The van der Waals surface area contributed by atoms with Crippen LogP contribution in [0.1, 0.15) is 20.3 Å². The van der Waals surface area contributed by atoms with E-state index >= 15 is 0 Å². The first-order valence-corrected chi connectivity index (χ1v) is 6.05. The molecular formula is C12H23N3O2. The van der Waals surface area contributed by atoms with Crippen LogP contribution in [0.2, 0.25) is 0 Å². The van der Waals surface area contributed by atoms with Crippen LogP contribution in [0.5, 0.6) is 0 Å². The zero-order valence-corrected chi connectivity index (χ0v) is 11.1. The molecule has 0 radical (unpaired) electrons. The van der Waals surface area contributed by atoms with Crippen LogP contribution in [0.4, 0.5) is 0 Å². The third-order valence-corrected chi connectivity index (χ3v) is 2.63. The number of nitrogens with zero attached hydrogens (tertiary/aromatic N) is 3. The van der Waals surface area contributed by atoms with E-state index in [4.69, 9.17) is 10.00 Å². The van der Waals surface area contributed by atoms with E-state index in [-0.39, 0.29) is 5.91 Å². The van der Waals surface area contributed by atoms with Crippen molar-refractivity contribution in [2.75, 3.05) is 46.4 Å². The summed E-state index contributed by atoms with van der Waals surface area (Å²) in [6, 6.07) is 2.10. The average molecular weight is 241 g/mol. The van der Waals surface area contributed by atoms with Crippen molar-refractivity contribution in [2.24, 2.45) is 0 Å². The number of carbonyl (C=O) groups is 1. The van der Waals surface area contributed by atoms with Crippen molar-refractivity contribution in [1.29, 1.82) is 5.26 Å². The van der Waals surface area contributed by atoms with Gasteiger partial charge in [0.1, 0.15) is 0 Å². The maximum atomic E-state index is 11.9. The van der Waals surface area contributed by atoms with Crippen LogP contribution >= 0.6 is 0 Å². The molecule has 0 aliphatic carbocycles. The minimum Gasteiger partial charge on any atom is -0.383 e. The molecule has 0 N–H and O–H groups in total. The summed E-state index contributed by atoms with van der Waals surface area (Å²) in [7, 11) is 1.63. The summed E-state index contributed by atoms with van der Waals surface area (Å²) in [6.45, 7) is 7.64. The Morgan fingerprint density at radius 3 is 2.41 bits per heavy atom. The molecule has 0 saturated heterocycles. The van der Waals surface area contributed by atoms with E-state index in [1.54, 1.807) is 12.0 Å². The summed E-state index contributed by atoms with van der Waals surface area (Å²) in [5.41, 5.74) is 0. The van der Waals surface area contributed by atoms with Crippen molar-refractivity contribution in [3.05, 3.63) is 0 Å². The van der Waals surface area contributed by atoms with Crippen LogP contribution in [0, 0.1) is 11.3 Å². The summed E-state index contributed by atoms with van der Waals surface area (Å²) in [6.07, 6.45) is 0.440.